The molecule has 0 fully saturated rings. The number of halogens is 4. The van der Waals surface area contributed by atoms with Crippen molar-refractivity contribution >= 4 is 38.3 Å². The first-order valence-electron chi connectivity index (χ1n) is 6.59. The van der Waals surface area contributed by atoms with Crippen LogP contribution in [0.4, 0.5) is 18.3 Å². The van der Waals surface area contributed by atoms with Crippen molar-refractivity contribution < 1.29 is 18.0 Å². The third-order valence-corrected chi connectivity index (χ3v) is 5.29. The first-order chi connectivity index (χ1) is 10.5. The first kappa shape index (κ1) is 17.9. The van der Waals surface area contributed by atoms with Crippen molar-refractivity contribution in [3.63, 3.8) is 0 Å². The van der Waals surface area contributed by atoms with Gasteiger partial charge in [0.25, 0.3) is 5.91 Å². The van der Waals surface area contributed by atoms with E-state index >= 15 is 0 Å². The van der Waals surface area contributed by atoms with Crippen LogP contribution in [0.1, 0.15) is 34.9 Å². The van der Waals surface area contributed by atoms with E-state index in [0.29, 0.717) is 5.13 Å². The molecule has 2 aromatic rings. The highest BCUT2D eigenvalue weighted by molar-refractivity contribution is 9.10. The summed E-state index contributed by atoms with van der Waals surface area (Å²) in [4.78, 5) is 17.4. The fourth-order valence-corrected chi connectivity index (χ4v) is 3.21. The van der Waals surface area contributed by atoms with E-state index in [9.17, 15) is 18.0 Å². The Hall–Kier alpha value is -1.42. The molecule has 2 aromatic heterocycles. The van der Waals surface area contributed by atoms with Gasteiger partial charge in [0.1, 0.15) is 6.04 Å². The summed E-state index contributed by atoms with van der Waals surface area (Å²) in [7, 11) is 0. The molecular formula is C13H14BrF3N4OS. The Labute approximate surface area is 143 Å². The smallest absolute Gasteiger partial charge is 0.300 e. The monoisotopic (exact) mass is 410 g/mol. The van der Waals surface area contributed by atoms with Crippen LogP contribution in [0.3, 0.4) is 0 Å². The molecule has 0 spiro atoms. The number of carbonyl (C=O) groups excluding carboxylic acids is 1. The van der Waals surface area contributed by atoms with E-state index in [2.05, 4.69) is 31.3 Å². The largest absolute Gasteiger partial charge is 0.436 e. The average molecular weight is 411 g/mol. The zero-order valence-electron chi connectivity index (χ0n) is 12.7. The quantitative estimate of drug-likeness (QED) is 0.822. The molecule has 10 heteroatoms. The molecule has 0 radical (unpaired) electrons. The minimum Gasteiger partial charge on any atom is -0.300 e. The second-order valence-electron chi connectivity index (χ2n) is 5.02. The standard InChI is InChI=1S/C13H14BrF3N4OS/c1-5-8(4)23-12(18-5)19-11(22)7(3)21-6(2)9(14)10(20-21)13(15,16)17/h7H,1-4H3,(H,18,19,22). The van der Waals surface area contributed by atoms with Crippen LogP contribution in [-0.2, 0) is 11.0 Å². The lowest BCUT2D eigenvalue weighted by Crippen LogP contribution is -2.25. The molecule has 0 bridgehead atoms. The molecule has 2 heterocycles. The number of anilines is 1. The van der Waals surface area contributed by atoms with Crippen LogP contribution < -0.4 is 5.32 Å². The van der Waals surface area contributed by atoms with Gasteiger partial charge >= 0.3 is 6.18 Å². The normalized spacial score (nSPS) is 13.2. The number of hydrogen-bond donors (Lipinski definition) is 1. The van der Waals surface area contributed by atoms with Gasteiger partial charge in [-0.25, -0.2) is 4.98 Å². The highest BCUT2D eigenvalue weighted by Crippen LogP contribution is 2.36. The summed E-state index contributed by atoms with van der Waals surface area (Å²) in [5.41, 5.74) is -0.0163. The molecule has 0 saturated carbocycles. The van der Waals surface area contributed by atoms with Gasteiger partial charge in [0.2, 0.25) is 0 Å². The number of carbonyl (C=O) groups is 1. The van der Waals surface area contributed by atoms with Gasteiger partial charge in [-0.3, -0.25) is 9.48 Å². The number of aryl methyl sites for hydroxylation is 2. The predicted octanol–water partition coefficient (Wildman–Crippen LogP) is 4.25. The summed E-state index contributed by atoms with van der Waals surface area (Å²) in [5.74, 6) is -0.481. The van der Waals surface area contributed by atoms with Gasteiger partial charge in [0.15, 0.2) is 10.8 Å². The second-order valence-corrected chi connectivity index (χ2v) is 7.01. The maximum Gasteiger partial charge on any atom is 0.436 e. The Morgan fingerprint density at radius 1 is 1.35 bits per heavy atom. The molecule has 0 aromatic carbocycles. The first-order valence-corrected chi connectivity index (χ1v) is 8.20. The van der Waals surface area contributed by atoms with E-state index in [1.807, 2.05) is 13.8 Å². The Morgan fingerprint density at radius 2 is 1.96 bits per heavy atom. The molecule has 0 saturated heterocycles. The fourth-order valence-electron chi connectivity index (χ4n) is 1.90. The highest BCUT2D eigenvalue weighted by atomic mass is 79.9. The number of nitrogens with one attached hydrogen (secondary N) is 1. The summed E-state index contributed by atoms with van der Waals surface area (Å²) in [6, 6.07) is -0.910. The molecule has 5 nitrogen and oxygen atoms in total. The van der Waals surface area contributed by atoms with Crippen molar-refractivity contribution in [2.24, 2.45) is 0 Å². The van der Waals surface area contributed by atoms with Gasteiger partial charge in [-0.1, -0.05) is 0 Å². The second kappa shape index (κ2) is 6.23. The minimum absolute atomic E-state index is 0.161. The molecule has 1 atom stereocenters. The molecule has 126 valence electrons. The topological polar surface area (TPSA) is 59.8 Å². The zero-order valence-corrected chi connectivity index (χ0v) is 15.1. The molecule has 0 aliphatic heterocycles. The maximum absolute atomic E-state index is 12.9. The Balaban J connectivity index is 2.26. The van der Waals surface area contributed by atoms with E-state index in [-0.39, 0.29) is 10.2 Å². The summed E-state index contributed by atoms with van der Waals surface area (Å²) in [6.07, 6.45) is -4.59. The van der Waals surface area contributed by atoms with Crippen molar-refractivity contribution in [2.75, 3.05) is 5.32 Å². The lowest BCUT2D eigenvalue weighted by molar-refractivity contribution is -0.142. The van der Waals surface area contributed by atoms with Crippen LogP contribution in [0.2, 0.25) is 0 Å². The van der Waals surface area contributed by atoms with Crippen molar-refractivity contribution in [1.82, 2.24) is 14.8 Å². The lowest BCUT2D eigenvalue weighted by atomic mass is 10.3. The molecule has 1 unspecified atom stereocenters. The number of aromatic nitrogens is 3. The third kappa shape index (κ3) is 3.57. The van der Waals surface area contributed by atoms with Crippen LogP contribution in [0.5, 0.6) is 0 Å². The molecular weight excluding hydrogens is 397 g/mol. The van der Waals surface area contributed by atoms with Crippen molar-refractivity contribution in [1.29, 1.82) is 0 Å². The van der Waals surface area contributed by atoms with Crippen LogP contribution >= 0.6 is 27.3 Å². The van der Waals surface area contributed by atoms with Crippen molar-refractivity contribution in [3.8, 4) is 0 Å². The van der Waals surface area contributed by atoms with E-state index in [1.165, 1.54) is 25.2 Å². The molecule has 2 rings (SSSR count). The fraction of sp³-hybridized carbons (Fsp3) is 0.462. The number of nitrogens with zero attached hydrogens (tertiary/aromatic N) is 3. The van der Waals surface area contributed by atoms with Crippen molar-refractivity contribution in [3.05, 3.63) is 26.4 Å². The van der Waals surface area contributed by atoms with Gasteiger partial charge in [-0.2, -0.15) is 18.3 Å². The number of thiazole rings is 1. The Bertz CT molecular complexity index is 734. The van der Waals surface area contributed by atoms with Gasteiger partial charge in [-0.05, 0) is 43.6 Å². The van der Waals surface area contributed by atoms with E-state index in [0.717, 1.165) is 15.3 Å². The third-order valence-electron chi connectivity index (χ3n) is 3.35. The van der Waals surface area contributed by atoms with Gasteiger partial charge in [-0.15, -0.1) is 11.3 Å². The van der Waals surface area contributed by atoms with Gasteiger partial charge in [0, 0.05) is 4.88 Å². The molecule has 23 heavy (non-hydrogen) atoms. The number of rotatable bonds is 3. The Kier molecular flexibility index (Phi) is 4.86. The van der Waals surface area contributed by atoms with Crippen LogP contribution in [0.15, 0.2) is 4.47 Å². The summed E-state index contributed by atoms with van der Waals surface area (Å²) >= 11 is 4.20. The maximum atomic E-state index is 12.9. The van der Waals surface area contributed by atoms with E-state index in [4.69, 9.17) is 0 Å². The summed E-state index contributed by atoms with van der Waals surface area (Å²) in [6.45, 7) is 6.63. The van der Waals surface area contributed by atoms with Crippen LogP contribution in [0, 0.1) is 20.8 Å². The molecule has 1 N–H and O–H groups in total. The Morgan fingerprint density at radius 3 is 2.39 bits per heavy atom. The van der Waals surface area contributed by atoms with Gasteiger partial charge in [0.05, 0.1) is 15.9 Å². The molecule has 1 amide bonds. The molecule has 0 aliphatic rings. The van der Waals surface area contributed by atoms with E-state index < -0.39 is 23.8 Å². The minimum atomic E-state index is -4.59. The molecule has 0 aliphatic carbocycles. The zero-order chi connectivity index (χ0) is 17.5. The number of amides is 1. The van der Waals surface area contributed by atoms with E-state index in [1.54, 1.807) is 0 Å². The van der Waals surface area contributed by atoms with Crippen molar-refractivity contribution in [2.45, 2.75) is 39.9 Å². The number of hydrogen-bond acceptors (Lipinski definition) is 4. The number of alkyl halides is 3. The predicted molar refractivity (Wildman–Crippen MR) is 84.6 cm³/mol. The van der Waals surface area contributed by atoms with Gasteiger partial charge < -0.3 is 5.32 Å². The lowest BCUT2D eigenvalue weighted by Gasteiger charge is -2.13. The average Bonchev–Trinajstić information content (AvgIpc) is 2.90. The SMILES string of the molecule is Cc1nc(NC(=O)C(C)n2nc(C(F)(F)F)c(Br)c2C)sc1C. The highest BCUT2D eigenvalue weighted by Gasteiger charge is 2.39. The van der Waals surface area contributed by atoms with Crippen LogP contribution in [0.25, 0.3) is 0 Å². The summed E-state index contributed by atoms with van der Waals surface area (Å²) in [5, 5.41) is 6.55. The van der Waals surface area contributed by atoms with Crippen LogP contribution in [-0.4, -0.2) is 20.7 Å². The summed E-state index contributed by atoms with van der Waals surface area (Å²) < 4.78 is 39.5.